The fourth-order valence-corrected chi connectivity index (χ4v) is 2.16. The SMILES string of the molecule is O=c1ccc(S(=O)(=O)NCc2ncc[nH]2)c[nH]1. The lowest BCUT2D eigenvalue weighted by Crippen LogP contribution is -2.24. The van der Waals surface area contributed by atoms with Gasteiger partial charge in [0.1, 0.15) is 5.82 Å². The quantitative estimate of drug-likeness (QED) is 0.688. The molecule has 2 heterocycles. The Morgan fingerprint density at radius 3 is 2.71 bits per heavy atom. The van der Waals surface area contributed by atoms with E-state index in [-0.39, 0.29) is 17.0 Å². The van der Waals surface area contributed by atoms with Crippen LogP contribution in [0.5, 0.6) is 0 Å². The second-order valence-electron chi connectivity index (χ2n) is 3.25. The standard InChI is InChI=1S/C9H10N4O3S/c14-9-2-1-7(5-12-9)17(15,16)13-6-8-10-3-4-11-8/h1-5,13H,6H2,(H,10,11)(H,12,14). The highest BCUT2D eigenvalue weighted by molar-refractivity contribution is 7.89. The third-order valence-electron chi connectivity index (χ3n) is 2.05. The summed E-state index contributed by atoms with van der Waals surface area (Å²) in [5.74, 6) is 0.512. The number of pyridine rings is 1. The van der Waals surface area contributed by atoms with Crippen molar-refractivity contribution in [3.63, 3.8) is 0 Å². The van der Waals surface area contributed by atoms with E-state index in [2.05, 4.69) is 19.7 Å². The molecule has 0 aliphatic carbocycles. The van der Waals surface area contributed by atoms with Crippen molar-refractivity contribution in [2.45, 2.75) is 11.4 Å². The molecule has 90 valence electrons. The van der Waals surface area contributed by atoms with Crippen molar-refractivity contribution >= 4 is 10.0 Å². The molecule has 0 atom stereocenters. The van der Waals surface area contributed by atoms with Gasteiger partial charge in [0.15, 0.2) is 0 Å². The molecule has 7 nitrogen and oxygen atoms in total. The highest BCUT2D eigenvalue weighted by Crippen LogP contribution is 2.04. The first-order chi connectivity index (χ1) is 8.08. The third kappa shape index (κ3) is 2.80. The molecule has 8 heteroatoms. The van der Waals surface area contributed by atoms with Gasteiger partial charge in [-0.3, -0.25) is 4.79 Å². The summed E-state index contributed by atoms with van der Waals surface area (Å²) in [6.45, 7) is 0.0639. The zero-order chi connectivity index (χ0) is 12.3. The summed E-state index contributed by atoms with van der Waals surface area (Å²) in [6, 6.07) is 2.39. The van der Waals surface area contributed by atoms with E-state index < -0.39 is 10.0 Å². The average Bonchev–Trinajstić information content (AvgIpc) is 2.80. The van der Waals surface area contributed by atoms with Crippen LogP contribution in [0.3, 0.4) is 0 Å². The van der Waals surface area contributed by atoms with Gasteiger partial charge >= 0.3 is 0 Å². The van der Waals surface area contributed by atoms with E-state index in [1.165, 1.54) is 12.3 Å². The Hall–Kier alpha value is -1.93. The number of nitrogens with zero attached hydrogens (tertiary/aromatic N) is 1. The Balaban J connectivity index is 2.14. The lowest BCUT2D eigenvalue weighted by molar-refractivity contribution is 0.579. The molecule has 2 aromatic rings. The Labute approximate surface area is 97.0 Å². The Bertz CT molecular complexity index is 625. The molecule has 0 unspecified atom stereocenters. The first kappa shape index (κ1) is 11.6. The predicted molar refractivity (Wildman–Crippen MR) is 59.7 cm³/mol. The summed E-state index contributed by atoms with van der Waals surface area (Å²) in [5, 5.41) is 0. The van der Waals surface area contributed by atoms with E-state index in [1.807, 2.05) is 0 Å². The fraction of sp³-hybridized carbons (Fsp3) is 0.111. The van der Waals surface area contributed by atoms with Gasteiger partial charge in [-0.25, -0.2) is 18.1 Å². The van der Waals surface area contributed by atoms with Crippen molar-refractivity contribution in [2.24, 2.45) is 0 Å². The molecule has 0 radical (unpaired) electrons. The summed E-state index contributed by atoms with van der Waals surface area (Å²) in [5.41, 5.74) is -0.352. The topological polar surface area (TPSA) is 108 Å². The van der Waals surface area contributed by atoms with E-state index >= 15 is 0 Å². The Morgan fingerprint density at radius 2 is 2.12 bits per heavy atom. The maximum atomic E-state index is 11.8. The molecule has 17 heavy (non-hydrogen) atoms. The van der Waals surface area contributed by atoms with Crippen LogP contribution in [0.15, 0.2) is 40.4 Å². The molecule has 3 N–H and O–H groups in total. The van der Waals surface area contributed by atoms with Crippen molar-refractivity contribution in [2.75, 3.05) is 0 Å². The normalized spacial score (nSPS) is 11.5. The number of H-pyrrole nitrogens is 2. The van der Waals surface area contributed by atoms with E-state index in [0.717, 1.165) is 12.3 Å². The number of rotatable bonds is 4. The number of sulfonamides is 1. The van der Waals surface area contributed by atoms with Crippen molar-refractivity contribution in [1.82, 2.24) is 19.7 Å². The van der Waals surface area contributed by atoms with Crippen LogP contribution in [-0.4, -0.2) is 23.4 Å². The molecule has 0 bridgehead atoms. The van der Waals surface area contributed by atoms with Gasteiger partial charge in [0, 0.05) is 24.7 Å². The van der Waals surface area contributed by atoms with Crippen LogP contribution < -0.4 is 10.3 Å². The highest BCUT2D eigenvalue weighted by atomic mass is 32.2. The van der Waals surface area contributed by atoms with Gasteiger partial charge in [-0.05, 0) is 6.07 Å². The molecule has 0 spiro atoms. The number of hydrogen-bond acceptors (Lipinski definition) is 4. The molecule has 0 aromatic carbocycles. The summed E-state index contributed by atoms with van der Waals surface area (Å²) in [7, 11) is -3.63. The molecule has 0 fully saturated rings. The molecule has 0 aliphatic heterocycles. The smallest absolute Gasteiger partial charge is 0.247 e. The van der Waals surface area contributed by atoms with Crippen LogP contribution >= 0.6 is 0 Å². The van der Waals surface area contributed by atoms with Crippen molar-refractivity contribution in [1.29, 1.82) is 0 Å². The second kappa shape index (κ2) is 4.52. The summed E-state index contributed by atoms with van der Waals surface area (Å²) < 4.78 is 25.9. The molecule has 0 saturated carbocycles. The summed E-state index contributed by atoms with van der Waals surface area (Å²) in [4.78, 5) is 19.8. The van der Waals surface area contributed by atoms with Gasteiger partial charge in [0.2, 0.25) is 15.6 Å². The number of aromatic amines is 2. The Kier molecular flexibility index (Phi) is 3.07. The van der Waals surface area contributed by atoms with E-state index in [9.17, 15) is 13.2 Å². The van der Waals surface area contributed by atoms with Crippen LogP contribution in [0, 0.1) is 0 Å². The zero-order valence-electron chi connectivity index (χ0n) is 8.67. The maximum absolute atomic E-state index is 11.8. The van der Waals surface area contributed by atoms with Gasteiger partial charge in [0.25, 0.3) is 0 Å². The highest BCUT2D eigenvalue weighted by Gasteiger charge is 2.13. The maximum Gasteiger partial charge on any atom is 0.247 e. The summed E-state index contributed by atoms with van der Waals surface area (Å²) >= 11 is 0. The first-order valence-electron chi connectivity index (χ1n) is 4.74. The number of imidazole rings is 1. The molecular formula is C9H10N4O3S. The second-order valence-corrected chi connectivity index (χ2v) is 5.02. The number of hydrogen-bond donors (Lipinski definition) is 3. The molecule has 0 saturated heterocycles. The summed E-state index contributed by atoms with van der Waals surface area (Å²) in [6.07, 6.45) is 4.28. The lowest BCUT2D eigenvalue weighted by atomic mass is 10.5. The van der Waals surface area contributed by atoms with Gasteiger partial charge < -0.3 is 9.97 Å². The van der Waals surface area contributed by atoms with Crippen LogP contribution in [-0.2, 0) is 16.6 Å². The predicted octanol–water partition coefficient (Wildman–Crippen LogP) is -0.424. The first-order valence-corrected chi connectivity index (χ1v) is 6.23. The van der Waals surface area contributed by atoms with Crippen LogP contribution in [0.4, 0.5) is 0 Å². The van der Waals surface area contributed by atoms with Gasteiger partial charge in [-0.15, -0.1) is 0 Å². The minimum absolute atomic E-state index is 0.00339. The molecular weight excluding hydrogens is 244 g/mol. The van der Waals surface area contributed by atoms with Crippen LogP contribution in [0.1, 0.15) is 5.82 Å². The van der Waals surface area contributed by atoms with Crippen molar-refractivity contribution in [3.8, 4) is 0 Å². The molecule has 2 rings (SSSR count). The molecule has 0 aliphatic rings. The van der Waals surface area contributed by atoms with Gasteiger partial charge in [-0.2, -0.15) is 0 Å². The van der Waals surface area contributed by atoms with Gasteiger partial charge in [0.05, 0.1) is 11.4 Å². The monoisotopic (exact) mass is 254 g/mol. The number of nitrogens with one attached hydrogen (secondary N) is 3. The Morgan fingerprint density at radius 1 is 1.29 bits per heavy atom. The minimum atomic E-state index is -3.63. The fourth-order valence-electron chi connectivity index (χ4n) is 1.20. The third-order valence-corrected chi connectivity index (χ3v) is 3.45. The van der Waals surface area contributed by atoms with Gasteiger partial charge in [-0.1, -0.05) is 0 Å². The largest absolute Gasteiger partial charge is 0.347 e. The zero-order valence-corrected chi connectivity index (χ0v) is 9.49. The molecule has 0 amide bonds. The van der Waals surface area contributed by atoms with E-state index in [1.54, 1.807) is 6.20 Å². The van der Waals surface area contributed by atoms with Crippen LogP contribution in [0.25, 0.3) is 0 Å². The number of aromatic nitrogens is 3. The van der Waals surface area contributed by atoms with Crippen molar-refractivity contribution in [3.05, 3.63) is 46.9 Å². The molecule has 2 aromatic heterocycles. The lowest BCUT2D eigenvalue weighted by Gasteiger charge is -2.04. The van der Waals surface area contributed by atoms with Crippen molar-refractivity contribution < 1.29 is 8.42 Å². The average molecular weight is 254 g/mol. The van der Waals surface area contributed by atoms with E-state index in [0.29, 0.717) is 5.82 Å². The van der Waals surface area contributed by atoms with E-state index in [4.69, 9.17) is 0 Å². The van der Waals surface area contributed by atoms with Crippen LogP contribution in [0.2, 0.25) is 0 Å². The minimum Gasteiger partial charge on any atom is -0.347 e.